The van der Waals surface area contributed by atoms with Gasteiger partial charge in [-0.3, -0.25) is 4.79 Å². The number of amides is 1. The van der Waals surface area contributed by atoms with Crippen LogP contribution in [0.1, 0.15) is 11.6 Å². The summed E-state index contributed by atoms with van der Waals surface area (Å²) in [5.74, 6) is -0.622. The molecule has 6 heteroatoms. The highest BCUT2D eigenvalue weighted by Crippen LogP contribution is 2.23. The number of carbonyl (C=O) groups is 1. The summed E-state index contributed by atoms with van der Waals surface area (Å²) >= 11 is 0. The van der Waals surface area contributed by atoms with Crippen molar-refractivity contribution >= 4 is 5.91 Å². The second kappa shape index (κ2) is 5.69. The molecule has 0 aliphatic heterocycles. The Bertz CT molecular complexity index is 380. The molecule has 0 aliphatic rings. The first-order valence-corrected chi connectivity index (χ1v) is 4.66. The Hall–Kier alpha value is -2.11. The van der Waals surface area contributed by atoms with Gasteiger partial charge in [-0.05, 0) is 5.56 Å². The fourth-order valence-electron chi connectivity index (χ4n) is 1.35. The van der Waals surface area contributed by atoms with Gasteiger partial charge in [-0.1, -0.05) is 40.7 Å². The number of rotatable bonds is 5. The number of hydrogen-bond acceptors (Lipinski definition) is 5. The molecule has 2 unspecified atom stereocenters. The highest BCUT2D eigenvalue weighted by molar-refractivity contribution is 5.82. The normalized spacial score (nSPS) is 13.6. The predicted octanol–water partition coefficient (Wildman–Crippen LogP) is 1.38. The maximum absolute atomic E-state index is 11.3. The fourth-order valence-corrected chi connectivity index (χ4v) is 1.35. The van der Waals surface area contributed by atoms with E-state index in [0.717, 1.165) is 0 Å². The van der Waals surface area contributed by atoms with E-state index < -0.39 is 18.0 Å². The van der Waals surface area contributed by atoms with E-state index in [1.54, 1.807) is 30.3 Å². The van der Waals surface area contributed by atoms with E-state index in [9.17, 15) is 14.6 Å². The first-order chi connectivity index (χ1) is 7.74. The number of nitroso groups, excluding NO2 is 2. The molecule has 1 amide bonds. The van der Waals surface area contributed by atoms with Crippen molar-refractivity contribution in [3.8, 4) is 0 Å². The minimum atomic E-state index is -1.33. The number of carbonyl (C=O) groups excluding carboxylic acids is 1. The lowest BCUT2D eigenvalue weighted by molar-refractivity contribution is -0.122. The number of nitrogens with one attached hydrogen (secondary N) is 1. The molecule has 2 atom stereocenters. The summed E-state index contributed by atoms with van der Waals surface area (Å²) < 4.78 is 0. The summed E-state index contributed by atoms with van der Waals surface area (Å²) in [5, 5.41) is 7.71. The highest BCUT2D eigenvalue weighted by Gasteiger charge is 2.31. The van der Waals surface area contributed by atoms with Crippen LogP contribution in [0, 0.1) is 9.81 Å². The van der Waals surface area contributed by atoms with E-state index in [1.165, 1.54) is 7.05 Å². The van der Waals surface area contributed by atoms with E-state index in [1.807, 2.05) is 0 Å². The van der Waals surface area contributed by atoms with Crippen molar-refractivity contribution in [2.75, 3.05) is 7.05 Å². The molecule has 84 valence electrons. The standard InChI is InChI=1S/C10H11N3O3/c1-11-10(14)9(13-16)8(12-15)7-5-3-2-4-6-7/h2-6,8-9H,1H3,(H,11,14). The van der Waals surface area contributed by atoms with Gasteiger partial charge in [-0.15, -0.1) is 4.91 Å². The molecule has 0 heterocycles. The van der Waals surface area contributed by atoms with Gasteiger partial charge in [-0.2, -0.15) is 4.91 Å². The summed E-state index contributed by atoms with van der Waals surface area (Å²) in [4.78, 5) is 32.6. The van der Waals surface area contributed by atoms with Crippen LogP contribution in [0.4, 0.5) is 0 Å². The van der Waals surface area contributed by atoms with Crippen molar-refractivity contribution in [2.24, 2.45) is 10.4 Å². The zero-order valence-electron chi connectivity index (χ0n) is 8.66. The number of hydrogen-bond donors (Lipinski definition) is 1. The van der Waals surface area contributed by atoms with Crippen molar-refractivity contribution in [3.05, 3.63) is 45.7 Å². The molecule has 6 nitrogen and oxygen atoms in total. The van der Waals surface area contributed by atoms with Gasteiger partial charge >= 0.3 is 0 Å². The van der Waals surface area contributed by atoms with Crippen molar-refractivity contribution in [1.82, 2.24) is 5.32 Å². The molecule has 0 fully saturated rings. The van der Waals surface area contributed by atoms with Gasteiger partial charge in [0.25, 0.3) is 5.91 Å². The average Bonchev–Trinajstić information content (AvgIpc) is 2.36. The summed E-state index contributed by atoms with van der Waals surface area (Å²) in [6.45, 7) is 0. The largest absolute Gasteiger partial charge is 0.357 e. The smallest absolute Gasteiger partial charge is 0.250 e. The zero-order chi connectivity index (χ0) is 12.0. The van der Waals surface area contributed by atoms with Gasteiger partial charge in [0.15, 0.2) is 12.1 Å². The van der Waals surface area contributed by atoms with Gasteiger partial charge in [0.2, 0.25) is 0 Å². The third-order valence-electron chi connectivity index (χ3n) is 2.18. The van der Waals surface area contributed by atoms with Crippen LogP contribution >= 0.6 is 0 Å². The van der Waals surface area contributed by atoms with Gasteiger partial charge in [0.05, 0.1) is 0 Å². The molecule has 1 rings (SSSR count). The predicted molar refractivity (Wildman–Crippen MR) is 58.6 cm³/mol. The number of benzene rings is 1. The minimum absolute atomic E-state index is 0.491. The molecule has 1 aromatic carbocycles. The molecule has 1 N–H and O–H groups in total. The SMILES string of the molecule is CNC(=O)C(N=O)C(N=O)c1ccccc1. The Kier molecular flexibility index (Phi) is 4.26. The lowest BCUT2D eigenvalue weighted by Crippen LogP contribution is -2.34. The maximum Gasteiger partial charge on any atom is 0.250 e. The van der Waals surface area contributed by atoms with Gasteiger partial charge in [0.1, 0.15) is 0 Å². The topological polar surface area (TPSA) is 88.0 Å². The third kappa shape index (κ3) is 2.47. The maximum atomic E-state index is 11.3. The van der Waals surface area contributed by atoms with E-state index in [2.05, 4.69) is 15.7 Å². The van der Waals surface area contributed by atoms with Crippen LogP contribution in [0.15, 0.2) is 40.7 Å². The van der Waals surface area contributed by atoms with Crippen LogP contribution in [-0.2, 0) is 4.79 Å². The van der Waals surface area contributed by atoms with Crippen LogP contribution in [-0.4, -0.2) is 19.0 Å². The van der Waals surface area contributed by atoms with Crippen LogP contribution in [0.5, 0.6) is 0 Å². The monoisotopic (exact) mass is 221 g/mol. The van der Waals surface area contributed by atoms with Gasteiger partial charge in [-0.25, -0.2) is 0 Å². The molecule has 0 aliphatic carbocycles. The first-order valence-electron chi connectivity index (χ1n) is 4.66. The van der Waals surface area contributed by atoms with Crippen LogP contribution < -0.4 is 5.32 Å². The minimum Gasteiger partial charge on any atom is -0.357 e. The van der Waals surface area contributed by atoms with Crippen molar-refractivity contribution in [1.29, 1.82) is 0 Å². The lowest BCUT2D eigenvalue weighted by atomic mass is 10.0. The van der Waals surface area contributed by atoms with Crippen molar-refractivity contribution < 1.29 is 4.79 Å². The van der Waals surface area contributed by atoms with Crippen LogP contribution in [0.3, 0.4) is 0 Å². The van der Waals surface area contributed by atoms with Crippen molar-refractivity contribution in [3.63, 3.8) is 0 Å². The molecular formula is C10H11N3O3. The zero-order valence-corrected chi connectivity index (χ0v) is 8.66. The number of nitrogens with zero attached hydrogens (tertiary/aromatic N) is 2. The lowest BCUT2D eigenvalue weighted by Gasteiger charge is -2.13. The van der Waals surface area contributed by atoms with Crippen molar-refractivity contribution in [2.45, 2.75) is 12.1 Å². The molecule has 0 spiro atoms. The van der Waals surface area contributed by atoms with E-state index >= 15 is 0 Å². The molecule has 0 saturated carbocycles. The third-order valence-corrected chi connectivity index (χ3v) is 2.18. The Morgan fingerprint density at radius 3 is 2.25 bits per heavy atom. The summed E-state index contributed by atoms with van der Waals surface area (Å²) in [6.07, 6.45) is 0. The second-order valence-corrected chi connectivity index (χ2v) is 3.13. The molecule has 0 saturated heterocycles. The molecule has 1 aromatic rings. The van der Waals surface area contributed by atoms with Crippen LogP contribution in [0.25, 0.3) is 0 Å². The Morgan fingerprint density at radius 1 is 1.19 bits per heavy atom. The summed E-state index contributed by atoms with van der Waals surface area (Å²) in [6, 6.07) is 5.97. The van der Waals surface area contributed by atoms with E-state index in [0.29, 0.717) is 5.56 Å². The molecule has 0 bridgehead atoms. The molecule has 0 radical (unpaired) electrons. The second-order valence-electron chi connectivity index (χ2n) is 3.13. The summed E-state index contributed by atoms with van der Waals surface area (Å²) in [5.41, 5.74) is 0.491. The Labute approximate surface area is 92.0 Å². The van der Waals surface area contributed by atoms with Crippen LogP contribution in [0.2, 0.25) is 0 Å². The van der Waals surface area contributed by atoms with Gasteiger partial charge < -0.3 is 5.32 Å². The van der Waals surface area contributed by atoms with E-state index in [4.69, 9.17) is 0 Å². The molecular weight excluding hydrogens is 210 g/mol. The first kappa shape index (κ1) is 12.0. The van der Waals surface area contributed by atoms with Gasteiger partial charge in [0, 0.05) is 7.05 Å². The highest BCUT2D eigenvalue weighted by atomic mass is 16.3. The van der Waals surface area contributed by atoms with E-state index in [-0.39, 0.29) is 0 Å². The Morgan fingerprint density at radius 2 is 1.81 bits per heavy atom. The number of likely N-dealkylation sites (N-methyl/N-ethyl adjacent to an activating group) is 1. The average molecular weight is 221 g/mol. The molecule has 0 aromatic heterocycles. The fraction of sp³-hybridized carbons (Fsp3) is 0.300. The molecule has 16 heavy (non-hydrogen) atoms. The Balaban J connectivity index is 3.01. The quantitative estimate of drug-likeness (QED) is 0.761. The summed E-state index contributed by atoms with van der Waals surface area (Å²) in [7, 11) is 1.37.